The van der Waals surface area contributed by atoms with Crippen molar-refractivity contribution >= 4 is 27.8 Å². The second kappa shape index (κ2) is 15.7. The highest BCUT2D eigenvalue weighted by atomic mass is 16.5. The molecule has 0 spiro atoms. The highest BCUT2D eigenvalue weighted by Crippen LogP contribution is 2.35. The summed E-state index contributed by atoms with van der Waals surface area (Å²) in [5.74, 6) is 4.88. The molecule has 5 aromatic rings. The lowest BCUT2D eigenvalue weighted by atomic mass is 10.0. The number of aryl methyl sites for hydroxylation is 2. The average molecular weight is 625 g/mol. The van der Waals surface area contributed by atoms with Crippen LogP contribution in [0.5, 0.6) is 23.0 Å². The molecular formula is C38H48N4O4. The molecule has 2 aromatic heterocycles. The normalized spacial score (nSPS) is 11.3. The van der Waals surface area contributed by atoms with Crippen molar-refractivity contribution in [2.24, 2.45) is 0 Å². The number of aromatic nitrogens is 3. The van der Waals surface area contributed by atoms with Crippen molar-refractivity contribution in [1.29, 1.82) is 0 Å². The third kappa shape index (κ3) is 7.33. The number of methoxy groups -OCH3 is 4. The number of hydrogen-bond donors (Lipinski definition) is 1. The van der Waals surface area contributed by atoms with Crippen LogP contribution in [0.1, 0.15) is 74.9 Å². The van der Waals surface area contributed by atoms with E-state index in [0.717, 1.165) is 93.4 Å². The molecule has 8 heteroatoms. The van der Waals surface area contributed by atoms with Crippen LogP contribution in [0.25, 0.3) is 21.9 Å². The summed E-state index contributed by atoms with van der Waals surface area (Å²) in [6.45, 7) is 5.61. The fourth-order valence-corrected chi connectivity index (χ4v) is 6.04. The van der Waals surface area contributed by atoms with Gasteiger partial charge >= 0.3 is 0 Å². The Hall–Kier alpha value is -4.46. The summed E-state index contributed by atoms with van der Waals surface area (Å²) in [7, 11) is 6.73. The zero-order chi connectivity index (χ0) is 32.5. The van der Waals surface area contributed by atoms with Gasteiger partial charge in [-0.15, -0.1) is 0 Å². The molecule has 0 aliphatic heterocycles. The zero-order valence-corrected chi connectivity index (χ0v) is 28.2. The molecule has 0 bridgehead atoms. The van der Waals surface area contributed by atoms with Gasteiger partial charge in [-0.25, -0.2) is 9.97 Å². The molecule has 0 amide bonds. The molecule has 1 N–H and O–H groups in total. The van der Waals surface area contributed by atoms with Crippen LogP contribution in [0.4, 0.5) is 5.82 Å². The number of imidazole rings is 1. The summed E-state index contributed by atoms with van der Waals surface area (Å²) in [6, 6.07) is 18.7. The SMILES string of the molecule is CCCCCCc1ccc2c(c1)nc(NCc1ccc(OC)cc1OC)c1nc(CCCC)n(Cc3ccc(OC)cc3OC)c12. The maximum Gasteiger partial charge on any atom is 0.155 e. The standard InChI is InChI=1S/C38H48N4O4/c1-7-9-11-12-13-26-15-20-31-32(21-26)40-38(39-24-27-16-18-29(43-3)22-33(27)45-5)36-37(31)42(35(41-36)14-10-8-2)25-28-17-19-30(44-4)23-34(28)46-6/h15-23H,7-14,24-25H2,1-6H3,(H,39,40). The van der Waals surface area contributed by atoms with E-state index < -0.39 is 0 Å². The van der Waals surface area contributed by atoms with Crippen molar-refractivity contribution < 1.29 is 18.9 Å². The fourth-order valence-electron chi connectivity index (χ4n) is 6.04. The Kier molecular flexibility index (Phi) is 11.2. The second-order valence-corrected chi connectivity index (χ2v) is 11.7. The highest BCUT2D eigenvalue weighted by molar-refractivity contribution is 6.07. The van der Waals surface area contributed by atoms with Crippen molar-refractivity contribution in [3.8, 4) is 23.0 Å². The van der Waals surface area contributed by atoms with E-state index in [1.807, 2.05) is 30.3 Å². The summed E-state index contributed by atoms with van der Waals surface area (Å²) >= 11 is 0. The highest BCUT2D eigenvalue weighted by Gasteiger charge is 2.21. The molecule has 0 unspecified atom stereocenters. The Morgan fingerprint density at radius 3 is 2.04 bits per heavy atom. The maximum absolute atomic E-state index is 5.82. The molecule has 8 nitrogen and oxygen atoms in total. The first kappa shape index (κ1) is 32.9. The van der Waals surface area contributed by atoms with E-state index in [1.54, 1.807) is 28.4 Å². The first-order valence-electron chi connectivity index (χ1n) is 16.5. The van der Waals surface area contributed by atoms with E-state index in [4.69, 9.17) is 28.9 Å². The van der Waals surface area contributed by atoms with Gasteiger partial charge in [0.2, 0.25) is 0 Å². The number of ether oxygens (including phenoxy) is 4. The number of nitrogens with one attached hydrogen (secondary N) is 1. The van der Waals surface area contributed by atoms with Crippen molar-refractivity contribution in [2.75, 3.05) is 33.8 Å². The molecule has 0 radical (unpaired) electrons. The molecule has 2 heterocycles. The van der Waals surface area contributed by atoms with Crippen LogP contribution < -0.4 is 24.3 Å². The first-order chi connectivity index (χ1) is 22.5. The zero-order valence-electron chi connectivity index (χ0n) is 28.2. The molecule has 244 valence electrons. The van der Waals surface area contributed by atoms with Gasteiger partial charge in [0, 0.05) is 41.6 Å². The van der Waals surface area contributed by atoms with E-state index in [-0.39, 0.29) is 0 Å². The van der Waals surface area contributed by atoms with Gasteiger partial charge in [0.05, 0.1) is 46.0 Å². The topological polar surface area (TPSA) is 79.7 Å². The lowest BCUT2D eigenvalue weighted by Gasteiger charge is -2.16. The second-order valence-electron chi connectivity index (χ2n) is 11.7. The predicted molar refractivity (Wildman–Crippen MR) is 187 cm³/mol. The van der Waals surface area contributed by atoms with Gasteiger partial charge in [-0.3, -0.25) is 0 Å². The molecular weight excluding hydrogens is 576 g/mol. The van der Waals surface area contributed by atoms with Gasteiger partial charge in [0.25, 0.3) is 0 Å². The largest absolute Gasteiger partial charge is 0.497 e. The monoisotopic (exact) mass is 624 g/mol. The third-order valence-corrected chi connectivity index (χ3v) is 8.66. The Morgan fingerprint density at radius 2 is 1.37 bits per heavy atom. The third-order valence-electron chi connectivity index (χ3n) is 8.66. The van der Waals surface area contributed by atoms with Crippen LogP contribution in [-0.4, -0.2) is 43.0 Å². The molecule has 0 saturated carbocycles. The number of unbranched alkanes of at least 4 members (excludes halogenated alkanes) is 4. The smallest absolute Gasteiger partial charge is 0.155 e. The Labute approximate surface area is 273 Å². The number of fused-ring (bicyclic) bond motifs is 3. The Bertz CT molecular complexity index is 1760. The first-order valence-corrected chi connectivity index (χ1v) is 16.5. The lowest BCUT2D eigenvalue weighted by Crippen LogP contribution is -2.08. The minimum atomic E-state index is 0.529. The summed E-state index contributed by atoms with van der Waals surface area (Å²) in [5.41, 5.74) is 6.30. The van der Waals surface area contributed by atoms with Gasteiger partial charge in [-0.2, -0.15) is 0 Å². The number of pyridine rings is 1. The van der Waals surface area contributed by atoms with E-state index >= 15 is 0 Å². The molecule has 0 atom stereocenters. The summed E-state index contributed by atoms with van der Waals surface area (Å²) in [5, 5.41) is 4.74. The van der Waals surface area contributed by atoms with E-state index in [9.17, 15) is 0 Å². The van der Waals surface area contributed by atoms with Crippen LogP contribution in [0, 0.1) is 0 Å². The molecule has 46 heavy (non-hydrogen) atoms. The van der Waals surface area contributed by atoms with Crippen LogP contribution >= 0.6 is 0 Å². The van der Waals surface area contributed by atoms with Crippen LogP contribution in [0.2, 0.25) is 0 Å². The summed E-state index contributed by atoms with van der Waals surface area (Å²) in [4.78, 5) is 10.5. The van der Waals surface area contributed by atoms with Gasteiger partial charge in [0.15, 0.2) is 5.82 Å². The number of rotatable bonds is 17. The van der Waals surface area contributed by atoms with Crippen molar-refractivity contribution in [3.05, 3.63) is 77.1 Å². The maximum atomic E-state index is 5.82. The molecule has 3 aromatic carbocycles. The van der Waals surface area contributed by atoms with E-state index in [2.05, 4.69) is 48.0 Å². The van der Waals surface area contributed by atoms with Crippen LogP contribution in [0.3, 0.4) is 0 Å². The van der Waals surface area contributed by atoms with Crippen molar-refractivity contribution in [1.82, 2.24) is 14.5 Å². The Balaban J connectivity index is 1.65. The predicted octanol–water partition coefficient (Wildman–Crippen LogP) is 8.74. The van der Waals surface area contributed by atoms with Crippen molar-refractivity contribution in [3.63, 3.8) is 0 Å². The number of nitrogens with zero attached hydrogens (tertiary/aromatic N) is 3. The molecule has 0 fully saturated rings. The minimum Gasteiger partial charge on any atom is -0.497 e. The van der Waals surface area contributed by atoms with Gasteiger partial charge in [-0.05, 0) is 55.2 Å². The molecule has 0 aliphatic carbocycles. The van der Waals surface area contributed by atoms with E-state index in [0.29, 0.717) is 13.1 Å². The number of anilines is 1. The molecule has 0 aliphatic rings. The average Bonchev–Trinajstić information content (AvgIpc) is 3.46. The Morgan fingerprint density at radius 1 is 0.674 bits per heavy atom. The van der Waals surface area contributed by atoms with Gasteiger partial charge in [0.1, 0.15) is 34.3 Å². The molecule has 0 saturated heterocycles. The molecule has 5 rings (SSSR count). The van der Waals surface area contributed by atoms with Gasteiger partial charge < -0.3 is 28.8 Å². The number of hydrogen-bond acceptors (Lipinski definition) is 7. The van der Waals surface area contributed by atoms with Gasteiger partial charge in [-0.1, -0.05) is 51.7 Å². The summed E-state index contributed by atoms with van der Waals surface area (Å²) < 4.78 is 24.8. The summed E-state index contributed by atoms with van der Waals surface area (Å²) in [6.07, 6.45) is 8.96. The lowest BCUT2D eigenvalue weighted by molar-refractivity contribution is 0.390. The minimum absolute atomic E-state index is 0.529. The van der Waals surface area contributed by atoms with Crippen LogP contribution in [-0.2, 0) is 25.9 Å². The van der Waals surface area contributed by atoms with E-state index in [1.165, 1.54) is 31.2 Å². The quantitative estimate of drug-likeness (QED) is 0.104. The van der Waals surface area contributed by atoms with Crippen molar-refractivity contribution in [2.45, 2.75) is 78.3 Å². The fraction of sp³-hybridized carbons (Fsp3) is 0.421. The number of benzene rings is 3. The van der Waals surface area contributed by atoms with Crippen LogP contribution in [0.15, 0.2) is 54.6 Å².